The number of benzene rings is 1. The Morgan fingerprint density at radius 1 is 1.31 bits per heavy atom. The molecule has 1 aliphatic rings. The molecule has 2 rings (SSSR count). The smallest absolute Gasteiger partial charge is 0.207 e. The third kappa shape index (κ3) is 1.41. The van der Waals surface area contributed by atoms with Crippen molar-refractivity contribution in [3.63, 3.8) is 0 Å². The molecular weight excluding hydrogens is 206 g/mol. The first-order chi connectivity index (χ1) is 7.64. The van der Waals surface area contributed by atoms with E-state index in [1.807, 2.05) is 19.1 Å². The molecule has 0 saturated carbocycles. The number of amides is 1. The second-order valence-corrected chi connectivity index (χ2v) is 4.14. The van der Waals surface area contributed by atoms with Crippen LogP contribution in [0.15, 0.2) is 12.1 Å². The van der Waals surface area contributed by atoms with Crippen molar-refractivity contribution >= 4 is 6.41 Å². The fourth-order valence-electron chi connectivity index (χ4n) is 2.21. The van der Waals surface area contributed by atoms with E-state index < -0.39 is 0 Å². The van der Waals surface area contributed by atoms with Crippen LogP contribution in [-0.4, -0.2) is 20.6 Å². The van der Waals surface area contributed by atoms with Crippen LogP contribution < -0.4 is 14.8 Å². The van der Waals surface area contributed by atoms with Crippen LogP contribution in [0.25, 0.3) is 0 Å². The van der Waals surface area contributed by atoms with Gasteiger partial charge in [0.15, 0.2) is 11.5 Å². The molecule has 1 aromatic carbocycles. The van der Waals surface area contributed by atoms with E-state index in [0.717, 1.165) is 24.1 Å². The summed E-state index contributed by atoms with van der Waals surface area (Å²) in [7, 11) is 3.22. The summed E-state index contributed by atoms with van der Waals surface area (Å²) in [6, 6.07) is 3.89. The number of carbonyl (C=O) groups is 1. The maximum atomic E-state index is 10.5. The van der Waals surface area contributed by atoms with Crippen molar-refractivity contribution < 1.29 is 14.3 Å². The van der Waals surface area contributed by atoms with Gasteiger partial charge < -0.3 is 14.8 Å². The highest BCUT2D eigenvalue weighted by Crippen LogP contribution is 2.44. The molecule has 1 atom stereocenters. The molecule has 0 heterocycles. The van der Waals surface area contributed by atoms with Gasteiger partial charge in [-0.3, -0.25) is 4.79 Å². The predicted octanol–water partition coefficient (Wildman–Crippen LogP) is 1.22. The Morgan fingerprint density at radius 3 is 2.50 bits per heavy atom. The van der Waals surface area contributed by atoms with Gasteiger partial charge in [0.1, 0.15) is 0 Å². The van der Waals surface area contributed by atoms with Crippen LogP contribution in [0.3, 0.4) is 0 Å². The van der Waals surface area contributed by atoms with E-state index in [-0.39, 0.29) is 5.54 Å². The molecule has 0 fully saturated rings. The van der Waals surface area contributed by atoms with Crippen molar-refractivity contribution in [3.05, 3.63) is 23.3 Å². The molecule has 0 radical (unpaired) electrons. The zero-order chi connectivity index (χ0) is 11.8. The molecule has 0 bridgehead atoms. The molecule has 4 heteroatoms. The van der Waals surface area contributed by atoms with Crippen LogP contribution in [-0.2, 0) is 16.8 Å². The summed E-state index contributed by atoms with van der Waals surface area (Å²) in [4.78, 5) is 10.5. The third-order valence-corrected chi connectivity index (χ3v) is 3.13. The van der Waals surface area contributed by atoms with Crippen LogP contribution >= 0.6 is 0 Å². The van der Waals surface area contributed by atoms with Crippen molar-refractivity contribution in [2.24, 2.45) is 0 Å². The van der Waals surface area contributed by atoms with Crippen LogP contribution in [0.2, 0.25) is 0 Å². The Hall–Kier alpha value is -1.71. The van der Waals surface area contributed by atoms with Crippen molar-refractivity contribution in [3.8, 4) is 11.5 Å². The molecule has 16 heavy (non-hydrogen) atoms. The number of hydrogen-bond donors (Lipinski definition) is 1. The quantitative estimate of drug-likeness (QED) is 0.778. The van der Waals surface area contributed by atoms with Gasteiger partial charge >= 0.3 is 0 Å². The molecule has 0 aromatic heterocycles. The Kier molecular flexibility index (Phi) is 2.50. The van der Waals surface area contributed by atoms with Gasteiger partial charge in [-0.2, -0.15) is 0 Å². The summed E-state index contributed by atoms with van der Waals surface area (Å²) in [6.45, 7) is 2.00. The Balaban J connectivity index is 2.41. The van der Waals surface area contributed by atoms with Crippen molar-refractivity contribution in [2.45, 2.75) is 18.9 Å². The van der Waals surface area contributed by atoms with Gasteiger partial charge in [-0.25, -0.2) is 0 Å². The summed E-state index contributed by atoms with van der Waals surface area (Å²) in [5.74, 6) is 1.43. The topological polar surface area (TPSA) is 47.6 Å². The normalized spacial score (nSPS) is 21.7. The summed E-state index contributed by atoms with van der Waals surface area (Å²) in [6.07, 6.45) is 1.56. The average Bonchev–Trinajstić information content (AvgIpc) is 2.27. The van der Waals surface area contributed by atoms with Gasteiger partial charge in [0, 0.05) is 0 Å². The maximum absolute atomic E-state index is 10.5. The van der Waals surface area contributed by atoms with E-state index in [4.69, 9.17) is 9.47 Å². The molecule has 1 aromatic rings. The number of rotatable bonds is 4. The second kappa shape index (κ2) is 3.70. The minimum absolute atomic E-state index is 0.267. The summed E-state index contributed by atoms with van der Waals surface area (Å²) in [5.41, 5.74) is 2.02. The van der Waals surface area contributed by atoms with E-state index in [1.54, 1.807) is 14.2 Å². The standard InChI is InChI=1S/C12H15NO3/c1-12(13-7-14)6-8-4-10(15-2)11(16-3)5-9(8)12/h4-5,7H,6H2,1-3H3,(H,13,14)/t12-/m0/s1. The van der Waals surface area contributed by atoms with Gasteiger partial charge in [-0.1, -0.05) is 0 Å². The lowest BCUT2D eigenvalue weighted by molar-refractivity contribution is -0.111. The van der Waals surface area contributed by atoms with Crippen LogP contribution in [0.4, 0.5) is 0 Å². The third-order valence-electron chi connectivity index (χ3n) is 3.13. The van der Waals surface area contributed by atoms with Crippen molar-refractivity contribution in [1.29, 1.82) is 0 Å². The minimum atomic E-state index is -0.267. The van der Waals surface area contributed by atoms with Gasteiger partial charge in [-0.05, 0) is 36.6 Å². The van der Waals surface area contributed by atoms with Gasteiger partial charge in [-0.15, -0.1) is 0 Å². The number of carbonyl (C=O) groups excluding carboxylic acids is 1. The van der Waals surface area contributed by atoms with Gasteiger partial charge in [0.2, 0.25) is 6.41 Å². The molecule has 0 spiro atoms. The van der Waals surface area contributed by atoms with E-state index >= 15 is 0 Å². The fourth-order valence-corrected chi connectivity index (χ4v) is 2.21. The lowest BCUT2D eigenvalue weighted by Crippen LogP contribution is -2.48. The average molecular weight is 221 g/mol. The zero-order valence-corrected chi connectivity index (χ0v) is 9.66. The summed E-state index contributed by atoms with van der Waals surface area (Å²) < 4.78 is 10.5. The highest BCUT2D eigenvalue weighted by molar-refractivity contribution is 5.59. The zero-order valence-electron chi connectivity index (χ0n) is 9.66. The van der Waals surface area contributed by atoms with E-state index in [9.17, 15) is 4.79 Å². The maximum Gasteiger partial charge on any atom is 0.207 e. The predicted molar refractivity (Wildman–Crippen MR) is 59.8 cm³/mol. The molecular formula is C12H15NO3. The van der Waals surface area contributed by atoms with Crippen molar-refractivity contribution in [1.82, 2.24) is 5.32 Å². The van der Waals surface area contributed by atoms with Crippen molar-refractivity contribution in [2.75, 3.05) is 14.2 Å². The monoisotopic (exact) mass is 221 g/mol. The van der Waals surface area contributed by atoms with Crippen LogP contribution in [0, 0.1) is 0 Å². The molecule has 86 valence electrons. The summed E-state index contributed by atoms with van der Waals surface area (Å²) in [5, 5.41) is 2.83. The lowest BCUT2D eigenvalue weighted by Gasteiger charge is -2.41. The number of nitrogens with one attached hydrogen (secondary N) is 1. The molecule has 0 unspecified atom stereocenters. The van der Waals surface area contributed by atoms with Crippen LogP contribution in [0.1, 0.15) is 18.1 Å². The molecule has 1 aliphatic carbocycles. The first-order valence-corrected chi connectivity index (χ1v) is 5.11. The Bertz CT molecular complexity index is 431. The van der Waals surface area contributed by atoms with Crippen LogP contribution in [0.5, 0.6) is 11.5 Å². The van der Waals surface area contributed by atoms with E-state index in [1.165, 1.54) is 5.56 Å². The molecule has 1 amide bonds. The molecule has 4 nitrogen and oxygen atoms in total. The Morgan fingerprint density at radius 2 is 1.94 bits per heavy atom. The Labute approximate surface area is 94.6 Å². The number of fused-ring (bicyclic) bond motifs is 1. The molecule has 0 aliphatic heterocycles. The van der Waals surface area contributed by atoms with Gasteiger partial charge in [0.05, 0.1) is 19.8 Å². The lowest BCUT2D eigenvalue weighted by atomic mass is 9.72. The minimum Gasteiger partial charge on any atom is -0.493 e. The molecule has 0 saturated heterocycles. The highest BCUT2D eigenvalue weighted by atomic mass is 16.5. The summed E-state index contributed by atoms with van der Waals surface area (Å²) >= 11 is 0. The molecule has 1 N–H and O–H groups in total. The van der Waals surface area contributed by atoms with E-state index in [0.29, 0.717) is 5.75 Å². The largest absolute Gasteiger partial charge is 0.493 e. The van der Waals surface area contributed by atoms with E-state index in [2.05, 4.69) is 5.32 Å². The highest BCUT2D eigenvalue weighted by Gasteiger charge is 2.39. The first-order valence-electron chi connectivity index (χ1n) is 5.11. The fraction of sp³-hybridized carbons (Fsp3) is 0.417. The second-order valence-electron chi connectivity index (χ2n) is 4.14. The number of hydrogen-bond acceptors (Lipinski definition) is 3. The number of methoxy groups -OCH3 is 2. The SMILES string of the molecule is COc1cc2c(cc1OC)[C@@](C)(NC=O)C2. The number of ether oxygens (including phenoxy) is 2. The van der Waals surface area contributed by atoms with Gasteiger partial charge in [0.25, 0.3) is 0 Å². The first kappa shape index (κ1) is 10.8.